The highest BCUT2D eigenvalue weighted by molar-refractivity contribution is 6.30. The van der Waals surface area contributed by atoms with Crippen molar-refractivity contribution in [3.8, 4) is 11.3 Å². The third kappa shape index (κ3) is 2.25. The first-order chi connectivity index (χ1) is 11.0. The summed E-state index contributed by atoms with van der Waals surface area (Å²) in [6.07, 6.45) is 0. The van der Waals surface area contributed by atoms with Crippen LogP contribution in [0.1, 0.15) is 11.1 Å². The normalized spacial score (nSPS) is 11.4. The molecule has 0 saturated carbocycles. The minimum Gasteiger partial charge on any atom is -0.423 e. The zero-order chi connectivity index (χ0) is 16.1. The highest BCUT2D eigenvalue weighted by atomic mass is 35.5. The van der Waals surface area contributed by atoms with Gasteiger partial charge in [-0.2, -0.15) is 0 Å². The van der Waals surface area contributed by atoms with E-state index in [1.807, 2.05) is 44.2 Å². The van der Waals surface area contributed by atoms with Crippen molar-refractivity contribution in [2.24, 2.45) is 0 Å². The van der Waals surface area contributed by atoms with Crippen LogP contribution in [-0.4, -0.2) is 4.98 Å². The van der Waals surface area contributed by atoms with Crippen molar-refractivity contribution in [3.63, 3.8) is 0 Å². The lowest BCUT2D eigenvalue weighted by Crippen LogP contribution is -1.98. The second-order valence-corrected chi connectivity index (χ2v) is 6.23. The molecule has 4 rings (SSSR count). The molecule has 0 unspecified atom stereocenters. The second-order valence-electron chi connectivity index (χ2n) is 5.79. The fourth-order valence-electron chi connectivity index (χ4n) is 3.10. The molecule has 0 aliphatic heterocycles. The molecule has 0 aliphatic rings. The van der Waals surface area contributed by atoms with Gasteiger partial charge in [0.25, 0.3) is 0 Å². The average Bonchev–Trinajstić information content (AvgIpc) is 2.92. The summed E-state index contributed by atoms with van der Waals surface area (Å²) in [5.41, 5.74) is 5.40. The number of halogens is 1. The van der Waals surface area contributed by atoms with Crippen molar-refractivity contribution in [2.45, 2.75) is 13.8 Å². The summed E-state index contributed by atoms with van der Waals surface area (Å²) in [7, 11) is 0. The number of aryl methyl sites for hydroxylation is 2. The molecule has 2 aromatic carbocycles. The van der Waals surface area contributed by atoms with Gasteiger partial charge in [0.15, 0.2) is 0 Å². The van der Waals surface area contributed by atoms with Crippen molar-refractivity contribution in [3.05, 3.63) is 69.0 Å². The van der Waals surface area contributed by atoms with Crippen molar-refractivity contribution in [1.82, 2.24) is 4.98 Å². The van der Waals surface area contributed by atoms with Crippen LogP contribution in [0.2, 0.25) is 5.02 Å². The molecule has 0 radical (unpaired) electrons. The minimum atomic E-state index is -0.317. The lowest BCUT2D eigenvalue weighted by molar-refractivity contribution is 0.560. The van der Waals surface area contributed by atoms with E-state index in [4.69, 9.17) is 16.0 Å². The smallest absolute Gasteiger partial charge is 0.336 e. The Morgan fingerprint density at radius 3 is 2.48 bits per heavy atom. The largest absolute Gasteiger partial charge is 0.423 e. The van der Waals surface area contributed by atoms with E-state index in [-0.39, 0.29) is 5.63 Å². The lowest BCUT2D eigenvalue weighted by atomic mass is 10.0. The summed E-state index contributed by atoms with van der Waals surface area (Å²) in [5.74, 6) is 0. The zero-order valence-electron chi connectivity index (χ0n) is 12.7. The van der Waals surface area contributed by atoms with Crippen molar-refractivity contribution in [2.75, 3.05) is 0 Å². The summed E-state index contributed by atoms with van der Waals surface area (Å²) >= 11 is 5.96. The Kier molecular flexibility index (Phi) is 3.06. The average molecular weight is 324 g/mol. The first-order valence-corrected chi connectivity index (χ1v) is 7.73. The number of hydrogen-bond donors (Lipinski definition) is 1. The van der Waals surface area contributed by atoms with Gasteiger partial charge in [0.2, 0.25) is 0 Å². The van der Waals surface area contributed by atoms with Crippen LogP contribution in [0.15, 0.2) is 51.7 Å². The molecule has 2 heterocycles. The van der Waals surface area contributed by atoms with E-state index in [0.717, 1.165) is 38.7 Å². The van der Waals surface area contributed by atoms with Crippen LogP contribution in [0.5, 0.6) is 0 Å². The molecule has 4 aromatic rings. The molecule has 0 aliphatic carbocycles. The summed E-state index contributed by atoms with van der Waals surface area (Å²) in [6.45, 7) is 3.94. The Morgan fingerprint density at radius 2 is 1.74 bits per heavy atom. The first kappa shape index (κ1) is 14.1. The van der Waals surface area contributed by atoms with E-state index in [1.165, 1.54) is 6.07 Å². The fourth-order valence-corrected chi connectivity index (χ4v) is 3.22. The number of H-pyrrole nitrogens is 1. The van der Waals surface area contributed by atoms with Gasteiger partial charge in [-0.3, -0.25) is 0 Å². The lowest BCUT2D eigenvalue weighted by Gasteiger charge is -2.04. The number of hydrogen-bond acceptors (Lipinski definition) is 2. The van der Waals surface area contributed by atoms with Crippen LogP contribution in [0.4, 0.5) is 0 Å². The maximum Gasteiger partial charge on any atom is 0.336 e. The third-order valence-corrected chi connectivity index (χ3v) is 4.42. The number of nitrogens with one attached hydrogen (secondary N) is 1. The molecular weight excluding hydrogens is 310 g/mol. The van der Waals surface area contributed by atoms with Crippen molar-refractivity contribution in [1.29, 1.82) is 0 Å². The molecule has 2 aromatic heterocycles. The summed E-state index contributed by atoms with van der Waals surface area (Å²) in [6, 6.07) is 13.3. The maximum atomic E-state index is 11.6. The Labute approximate surface area is 137 Å². The predicted molar refractivity (Wildman–Crippen MR) is 94.3 cm³/mol. The number of rotatable bonds is 1. The van der Waals surface area contributed by atoms with Crippen LogP contribution in [0.3, 0.4) is 0 Å². The van der Waals surface area contributed by atoms with Gasteiger partial charge in [0, 0.05) is 33.1 Å². The standard InChI is InChI=1S/C19H14ClNO2/c1-10-8-17(22)23-16-7-11(2)19-14(18(10)16)9-15(21-19)12-3-5-13(20)6-4-12/h3-9,21H,1-2H3. The Balaban J connectivity index is 2.08. The topological polar surface area (TPSA) is 46.0 Å². The quantitative estimate of drug-likeness (QED) is 0.489. The Hall–Kier alpha value is -2.52. The van der Waals surface area contributed by atoms with E-state index < -0.39 is 0 Å². The van der Waals surface area contributed by atoms with Gasteiger partial charge < -0.3 is 9.40 Å². The van der Waals surface area contributed by atoms with E-state index >= 15 is 0 Å². The monoisotopic (exact) mass is 323 g/mol. The van der Waals surface area contributed by atoms with E-state index in [9.17, 15) is 4.79 Å². The molecule has 0 atom stereocenters. The van der Waals surface area contributed by atoms with Crippen LogP contribution in [-0.2, 0) is 0 Å². The van der Waals surface area contributed by atoms with Gasteiger partial charge in [-0.05, 0) is 54.8 Å². The van der Waals surface area contributed by atoms with E-state index in [0.29, 0.717) is 10.6 Å². The number of aromatic nitrogens is 1. The van der Waals surface area contributed by atoms with E-state index in [2.05, 4.69) is 11.1 Å². The molecule has 0 bridgehead atoms. The highest BCUT2D eigenvalue weighted by Gasteiger charge is 2.13. The molecule has 3 nitrogen and oxygen atoms in total. The SMILES string of the molecule is Cc1cc2oc(=O)cc(C)c2c2cc(-c3ccc(Cl)cc3)[nH]c12. The Morgan fingerprint density at radius 1 is 1.00 bits per heavy atom. The summed E-state index contributed by atoms with van der Waals surface area (Å²) in [4.78, 5) is 15.1. The van der Waals surface area contributed by atoms with Crippen molar-refractivity contribution >= 4 is 33.5 Å². The number of aromatic amines is 1. The fraction of sp³-hybridized carbons (Fsp3) is 0.105. The Bertz CT molecular complexity index is 1100. The second kappa shape index (κ2) is 5.00. The molecule has 0 amide bonds. The summed E-state index contributed by atoms with van der Waals surface area (Å²) in [5, 5.41) is 2.75. The molecule has 0 fully saturated rings. The number of fused-ring (bicyclic) bond motifs is 3. The summed E-state index contributed by atoms with van der Waals surface area (Å²) < 4.78 is 5.38. The molecule has 4 heteroatoms. The van der Waals surface area contributed by atoms with Crippen LogP contribution in [0, 0.1) is 13.8 Å². The van der Waals surface area contributed by atoms with Crippen LogP contribution < -0.4 is 5.63 Å². The van der Waals surface area contributed by atoms with Gasteiger partial charge in [-0.15, -0.1) is 0 Å². The molecule has 23 heavy (non-hydrogen) atoms. The highest BCUT2D eigenvalue weighted by Crippen LogP contribution is 2.33. The third-order valence-electron chi connectivity index (χ3n) is 4.17. The molecule has 0 saturated heterocycles. The van der Waals surface area contributed by atoms with Crippen molar-refractivity contribution < 1.29 is 4.42 Å². The molecule has 1 N–H and O–H groups in total. The van der Waals surface area contributed by atoms with Gasteiger partial charge in [-0.25, -0.2) is 4.79 Å². The minimum absolute atomic E-state index is 0.317. The van der Waals surface area contributed by atoms with Gasteiger partial charge in [0.05, 0.1) is 0 Å². The molecular formula is C19H14ClNO2. The molecule has 0 spiro atoms. The van der Waals surface area contributed by atoms with Gasteiger partial charge in [0.1, 0.15) is 5.58 Å². The molecule has 114 valence electrons. The maximum absolute atomic E-state index is 11.6. The number of benzene rings is 2. The van der Waals surface area contributed by atoms with E-state index in [1.54, 1.807) is 0 Å². The zero-order valence-corrected chi connectivity index (χ0v) is 13.5. The van der Waals surface area contributed by atoms with Crippen LogP contribution in [0.25, 0.3) is 33.1 Å². The van der Waals surface area contributed by atoms with Gasteiger partial charge >= 0.3 is 5.63 Å². The predicted octanol–water partition coefficient (Wildman–Crippen LogP) is 5.21. The van der Waals surface area contributed by atoms with Crippen LogP contribution >= 0.6 is 11.6 Å². The first-order valence-electron chi connectivity index (χ1n) is 7.35. The van der Waals surface area contributed by atoms with Gasteiger partial charge in [-0.1, -0.05) is 23.7 Å².